The molecule has 3 aliphatic rings. The minimum atomic E-state index is -0.250. The lowest BCUT2D eigenvalue weighted by molar-refractivity contribution is 0.172. The number of carbonyl (C=O) groups excluding carboxylic acids is 1. The second-order valence-electron chi connectivity index (χ2n) is 8.04. The summed E-state index contributed by atoms with van der Waals surface area (Å²) in [5.41, 5.74) is 4.33. The second-order valence-corrected chi connectivity index (χ2v) is 8.04. The molecule has 1 saturated carbocycles. The molecule has 26 heavy (non-hydrogen) atoms. The van der Waals surface area contributed by atoms with E-state index in [2.05, 4.69) is 35.7 Å². The number of benzene rings is 1. The number of rotatable bonds is 5. The van der Waals surface area contributed by atoms with E-state index in [9.17, 15) is 4.79 Å². The van der Waals surface area contributed by atoms with Crippen molar-refractivity contribution in [2.75, 3.05) is 19.8 Å². The van der Waals surface area contributed by atoms with Crippen molar-refractivity contribution in [2.45, 2.75) is 56.9 Å². The number of allylic oxidation sites excluding steroid dienone is 1. The third-order valence-corrected chi connectivity index (χ3v) is 6.25. The molecule has 1 N–H and O–H groups in total. The zero-order valence-electron chi connectivity index (χ0n) is 15.6. The van der Waals surface area contributed by atoms with Crippen LogP contribution in [-0.2, 0) is 22.3 Å². The highest BCUT2D eigenvalue weighted by Crippen LogP contribution is 2.43. The van der Waals surface area contributed by atoms with E-state index in [0.717, 1.165) is 45.3 Å². The van der Waals surface area contributed by atoms with E-state index >= 15 is 0 Å². The van der Waals surface area contributed by atoms with E-state index < -0.39 is 0 Å². The lowest BCUT2D eigenvalue weighted by Crippen LogP contribution is -2.40. The molecule has 1 heterocycles. The number of ether oxygens (including phenoxy) is 2. The number of cyclic esters (lactones) is 1. The molecule has 1 aliphatic heterocycles. The number of amides is 1. The van der Waals surface area contributed by atoms with Gasteiger partial charge in [-0.15, -0.1) is 0 Å². The smallest absolute Gasteiger partial charge is 0.407 e. The van der Waals surface area contributed by atoms with Gasteiger partial charge in [-0.1, -0.05) is 30.4 Å². The van der Waals surface area contributed by atoms with Crippen LogP contribution in [0.4, 0.5) is 4.79 Å². The van der Waals surface area contributed by atoms with E-state index in [1.54, 1.807) is 0 Å². The first-order chi connectivity index (χ1) is 12.7. The molecule has 1 aromatic carbocycles. The van der Waals surface area contributed by atoms with Crippen molar-refractivity contribution in [3.63, 3.8) is 0 Å². The molecule has 1 spiro atoms. The third kappa shape index (κ3) is 3.66. The van der Waals surface area contributed by atoms with E-state index in [1.807, 2.05) is 6.92 Å². The Morgan fingerprint density at radius 2 is 2.27 bits per heavy atom. The van der Waals surface area contributed by atoms with Crippen molar-refractivity contribution in [3.8, 4) is 0 Å². The van der Waals surface area contributed by atoms with Crippen molar-refractivity contribution in [1.29, 1.82) is 0 Å². The molecule has 1 saturated heterocycles. The third-order valence-electron chi connectivity index (χ3n) is 6.25. The van der Waals surface area contributed by atoms with Crippen LogP contribution in [0.3, 0.4) is 0 Å². The fourth-order valence-corrected chi connectivity index (χ4v) is 4.80. The Bertz CT molecular complexity index is 699. The summed E-state index contributed by atoms with van der Waals surface area (Å²) in [4.78, 5) is 11.4. The first kappa shape index (κ1) is 17.6. The minimum Gasteiger partial charge on any atom is -0.447 e. The monoisotopic (exact) mass is 355 g/mol. The van der Waals surface area contributed by atoms with Crippen LogP contribution in [0.2, 0.25) is 0 Å². The topological polar surface area (TPSA) is 47.6 Å². The number of nitrogens with one attached hydrogen (secondary N) is 1. The zero-order chi connectivity index (χ0) is 18.0. The van der Waals surface area contributed by atoms with Crippen LogP contribution < -0.4 is 5.32 Å². The van der Waals surface area contributed by atoms with Crippen molar-refractivity contribution < 1.29 is 14.3 Å². The Kier molecular flexibility index (Phi) is 5.03. The fourth-order valence-electron chi connectivity index (χ4n) is 4.80. The number of alkyl carbamates (subject to hydrolysis) is 1. The fraction of sp³-hybridized carbons (Fsp3) is 0.591. The highest BCUT2D eigenvalue weighted by Gasteiger charge is 2.46. The Morgan fingerprint density at radius 1 is 1.35 bits per heavy atom. The van der Waals surface area contributed by atoms with E-state index in [0.29, 0.717) is 18.4 Å². The summed E-state index contributed by atoms with van der Waals surface area (Å²) in [5.74, 6) is 1.17. The summed E-state index contributed by atoms with van der Waals surface area (Å²) in [6.45, 7) is 4.06. The SMILES string of the molecule is CCOCC=CC1CCc2cc([C@H]3CC[C@]4(COC(=O)N4)C3)ccc2C1. The standard InChI is InChI=1S/C22H29NO3/c1-2-25-11-3-4-16-5-6-18-13-19(8-7-17(18)12-16)20-9-10-22(14-20)15-26-21(24)23-22/h3-4,7-8,13,16,20H,2,5-6,9-12,14-15H2,1H3,(H,23,24)/t16?,20-,22+/m0/s1. The molecule has 1 unspecified atom stereocenters. The Labute approximate surface area is 156 Å². The van der Waals surface area contributed by atoms with Gasteiger partial charge in [0, 0.05) is 6.61 Å². The molecule has 1 aromatic rings. The number of hydrogen-bond acceptors (Lipinski definition) is 3. The van der Waals surface area contributed by atoms with Crippen LogP contribution in [0.25, 0.3) is 0 Å². The highest BCUT2D eigenvalue weighted by molar-refractivity contribution is 5.70. The summed E-state index contributed by atoms with van der Waals surface area (Å²) >= 11 is 0. The van der Waals surface area contributed by atoms with Gasteiger partial charge in [0.2, 0.25) is 0 Å². The quantitative estimate of drug-likeness (QED) is 0.638. The highest BCUT2D eigenvalue weighted by atomic mass is 16.6. The van der Waals surface area contributed by atoms with Gasteiger partial charge in [-0.3, -0.25) is 0 Å². The van der Waals surface area contributed by atoms with Gasteiger partial charge in [0.15, 0.2) is 0 Å². The predicted molar refractivity (Wildman–Crippen MR) is 101 cm³/mol. The van der Waals surface area contributed by atoms with Gasteiger partial charge in [-0.05, 0) is 74.0 Å². The summed E-state index contributed by atoms with van der Waals surface area (Å²) in [6.07, 6.45) is 10.9. The summed E-state index contributed by atoms with van der Waals surface area (Å²) in [6, 6.07) is 7.07. The van der Waals surface area contributed by atoms with Crippen molar-refractivity contribution >= 4 is 6.09 Å². The van der Waals surface area contributed by atoms with Gasteiger partial charge in [-0.25, -0.2) is 4.79 Å². The summed E-state index contributed by atoms with van der Waals surface area (Å²) in [7, 11) is 0. The molecule has 1 amide bonds. The molecule has 2 aliphatic carbocycles. The van der Waals surface area contributed by atoms with E-state index in [1.165, 1.54) is 23.1 Å². The van der Waals surface area contributed by atoms with Crippen molar-refractivity contribution in [3.05, 3.63) is 47.0 Å². The zero-order valence-corrected chi connectivity index (χ0v) is 15.6. The van der Waals surface area contributed by atoms with Crippen molar-refractivity contribution in [1.82, 2.24) is 5.32 Å². The molecule has 0 aromatic heterocycles. The molecular formula is C22H29NO3. The second kappa shape index (κ2) is 7.43. The molecule has 4 nitrogen and oxygen atoms in total. The molecule has 4 rings (SSSR count). The Balaban J connectivity index is 1.40. The normalized spacial score (nSPS) is 30.6. The van der Waals surface area contributed by atoms with Gasteiger partial charge in [0.25, 0.3) is 0 Å². The molecule has 4 heteroatoms. The molecule has 0 bridgehead atoms. The predicted octanol–water partition coefficient (Wildman–Crippen LogP) is 4.13. The summed E-state index contributed by atoms with van der Waals surface area (Å²) < 4.78 is 10.6. The van der Waals surface area contributed by atoms with E-state index in [4.69, 9.17) is 9.47 Å². The number of aryl methyl sites for hydroxylation is 1. The summed E-state index contributed by atoms with van der Waals surface area (Å²) in [5, 5.41) is 3.05. The van der Waals surface area contributed by atoms with Crippen LogP contribution in [0, 0.1) is 5.92 Å². The maximum absolute atomic E-state index is 11.4. The number of fused-ring (bicyclic) bond motifs is 1. The van der Waals surface area contributed by atoms with Crippen LogP contribution >= 0.6 is 0 Å². The van der Waals surface area contributed by atoms with Crippen LogP contribution in [0.5, 0.6) is 0 Å². The molecule has 3 atom stereocenters. The van der Waals surface area contributed by atoms with Crippen LogP contribution in [0.1, 0.15) is 55.2 Å². The number of carbonyl (C=O) groups is 1. The minimum absolute atomic E-state index is 0.117. The number of hydrogen-bond donors (Lipinski definition) is 1. The van der Waals surface area contributed by atoms with Gasteiger partial charge in [0.1, 0.15) is 6.61 Å². The maximum Gasteiger partial charge on any atom is 0.407 e. The van der Waals surface area contributed by atoms with Crippen LogP contribution in [-0.4, -0.2) is 31.5 Å². The van der Waals surface area contributed by atoms with Gasteiger partial charge < -0.3 is 14.8 Å². The van der Waals surface area contributed by atoms with Gasteiger partial charge in [0.05, 0.1) is 12.1 Å². The molecule has 2 fully saturated rings. The Morgan fingerprint density at radius 3 is 3.08 bits per heavy atom. The molecular weight excluding hydrogens is 326 g/mol. The average Bonchev–Trinajstić information content (AvgIpc) is 3.24. The lowest BCUT2D eigenvalue weighted by atomic mass is 9.81. The van der Waals surface area contributed by atoms with E-state index in [-0.39, 0.29) is 11.6 Å². The lowest BCUT2D eigenvalue weighted by Gasteiger charge is -2.24. The molecule has 140 valence electrons. The maximum atomic E-state index is 11.4. The average molecular weight is 355 g/mol. The van der Waals surface area contributed by atoms with Crippen molar-refractivity contribution in [2.24, 2.45) is 5.92 Å². The first-order valence-corrected chi connectivity index (χ1v) is 9.98. The van der Waals surface area contributed by atoms with Crippen LogP contribution in [0.15, 0.2) is 30.4 Å². The Hall–Kier alpha value is -1.81. The van der Waals surface area contributed by atoms with Gasteiger partial charge in [-0.2, -0.15) is 0 Å². The largest absolute Gasteiger partial charge is 0.447 e. The first-order valence-electron chi connectivity index (χ1n) is 9.98. The molecule has 0 radical (unpaired) electrons. The van der Waals surface area contributed by atoms with Gasteiger partial charge >= 0.3 is 6.09 Å².